The molecule has 0 amide bonds. The quantitative estimate of drug-likeness (QED) is 0.508. The Morgan fingerprint density at radius 3 is 3.07 bits per heavy atom. The fourth-order valence-electron chi connectivity index (χ4n) is 3.74. The number of nitriles is 1. The van der Waals surface area contributed by atoms with E-state index in [2.05, 4.69) is 14.7 Å². The van der Waals surface area contributed by atoms with Gasteiger partial charge in [-0.15, -0.1) is 0 Å². The molecule has 1 aliphatic heterocycles. The molecule has 2 aromatic heterocycles. The zero-order valence-corrected chi connectivity index (χ0v) is 15.4. The monoisotopic (exact) mass is 386 g/mol. The lowest BCUT2D eigenvalue weighted by Crippen LogP contribution is -2.45. The third-order valence-corrected chi connectivity index (χ3v) is 6.55. The Morgan fingerprint density at radius 1 is 1.48 bits per heavy atom. The molecule has 2 aliphatic rings. The Labute approximate surface area is 157 Å². The number of nitrogens with zero attached hydrogens (tertiary/aromatic N) is 2. The molecular formula is C17H19BN4O4S. The van der Waals surface area contributed by atoms with Crippen LogP contribution in [0.5, 0.6) is 5.75 Å². The minimum atomic E-state index is -3.37. The molecule has 3 heterocycles. The maximum atomic E-state index is 12.1. The SMILES string of the molecule is N#CCCCS(=O)(=O)N[C@H]1C[C@@H](C2=CB(O)Oc3cnc4[nH]ccc4c32)C1. The topological polar surface area (TPSA) is 128 Å². The highest BCUT2D eigenvalue weighted by Gasteiger charge is 2.38. The lowest BCUT2D eigenvalue weighted by atomic mass is 9.68. The summed E-state index contributed by atoms with van der Waals surface area (Å²) in [5.41, 5.74) is 2.62. The molecule has 0 radical (unpaired) electrons. The summed E-state index contributed by atoms with van der Waals surface area (Å²) in [6.07, 6.45) is 5.28. The molecule has 0 unspecified atom stereocenters. The maximum Gasteiger partial charge on any atom is 0.552 e. The first-order valence-electron chi connectivity index (χ1n) is 8.86. The third kappa shape index (κ3) is 3.58. The minimum absolute atomic E-state index is 0.0323. The van der Waals surface area contributed by atoms with Gasteiger partial charge in [0, 0.05) is 29.6 Å². The number of allylic oxidation sites excluding steroid dienone is 1. The molecule has 0 atom stereocenters. The van der Waals surface area contributed by atoms with E-state index in [-0.39, 0.29) is 24.1 Å². The van der Waals surface area contributed by atoms with Gasteiger partial charge in [0.2, 0.25) is 10.0 Å². The minimum Gasteiger partial charge on any atom is -0.531 e. The molecule has 140 valence electrons. The average Bonchev–Trinajstić information content (AvgIpc) is 3.05. The Bertz CT molecular complexity index is 1040. The van der Waals surface area contributed by atoms with Crippen LogP contribution >= 0.6 is 0 Å². The van der Waals surface area contributed by atoms with Crippen LogP contribution in [0.4, 0.5) is 0 Å². The molecular weight excluding hydrogens is 367 g/mol. The predicted molar refractivity (Wildman–Crippen MR) is 101 cm³/mol. The van der Waals surface area contributed by atoms with Crippen molar-refractivity contribution in [2.24, 2.45) is 5.92 Å². The highest BCUT2D eigenvalue weighted by atomic mass is 32.2. The standard InChI is InChI=1S/C17H19BN4O4S/c19-4-1-2-6-27(24,25)22-12-7-11(8-12)14-9-18(23)26-15-10-21-17-13(16(14)15)3-5-20-17/h3,5,9-12,22-23H,1-2,6-8H2,(H,20,21)/t11-,12+. The van der Waals surface area contributed by atoms with Gasteiger partial charge in [0.05, 0.1) is 18.0 Å². The van der Waals surface area contributed by atoms with E-state index in [0.717, 1.165) is 22.2 Å². The maximum absolute atomic E-state index is 12.1. The highest BCUT2D eigenvalue weighted by molar-refractivity contribution is 7.89. The first kappa shape index (κ1) is 18.0. The zero-order chi connectivity index (χ0) is 19.0. The van der Waals surface area contributed by atoms with Gasteiger partial charge in [-0.3, -0.25) is 0 Å². The van der Waals surface area contributed by atoms with Crippen LogP contribution in [0.1, 0.15) is 31.2 Å². The van der Waals surface area contributed by atoms with Crippen molar-refractivity contribution in [2.45, 2.75) is 31.7 Å². The van der Waals surface area contributed by atoms with Crippen LogP contribution in [0.2, 0.25) is 0 Å². The molecule has 4 rings (SSSR count). The van der Waals surface area contributed by atoms with Crippen LogP contribution in [0.25, 0.3) is 16.6 Å². The second-order valence-corrected chi connectivity index (χ2v) is 8.80. The smallest absolute Gasteiger partial charge is 0.531 e. The molecule has 1 fully saturated rings. The van der Waals surface area contributed by atoms with Gasteiger partial charge in [-0.1, -0.05) is 0 Å². The molecule has 1 saturated carbocycles. The van der Waals surface area contributed by atoms with E-state index < -0.39 is 17.1 Å². The second kappa shape index (κ2) is 7.00. The number of rotatable bonds is 6. The number of nitrogens with one attached hydrogen (secondary N) is 2. The largest absolute Gasteiger partial charge is 0.552 e. The Kier molecular flexibility index (Phi) is 4.67. The molecule has 2 aromatic rings. The van der Waals surface area contributed by atoms with Gasteiger partial charge in [0.25, 0.3) is 0 Å². The molecule has 27 heavy (non-hydrogen) atoms. The molecule has 8 nitrogen and oxygen atoms in total. The summed E-state index contributed by atoms with van der Waals surface area (Å²) in [5, 5.41) is 19.5. The van der Waals surface area contributed by atoms with Crippen LogP contribution < -0.4 is 9.38 Å². The number of sulfonamides is 1. The number of aromatic amines is 1. The van der Waals surface area contributed by atoms with Gasteiger partial charge in [0.15, 0.2) is 0 Å². The van der Waals surface area contributed by atoms with Crippen LogP contribution in [-0.2, 0) is 10.0 Å². The van der Waals surface area contributed by atoms with Crippen molar-refractivity contribution in [3.8, 4) is 11.8 Å². The molecule has 0 bridgehead atoms. The Morgan fingerprint density at radius 2 is 2.30 bits per heavy atom. The fourth-order valence-corrected chi connectivity index (χ4v) is 5.08. The number of H-pyrrole nitrogens is 1. The van der Waals surface area contributed by atoms with Gasteiger partial charge < -0.3 is 14.7 Å². The van der Waals surface area contributed by atoms with E-state index >= 15 is 0 Å². The van der Waals surface area contributed by atoms with Gasteiger partial charge in [-0.25, -0.2) is 18.1 Å². The van der Waals surface area contributed by atoms with E-state index in [1.807, 2.05) is 12.1 Å². The summed E-state index contributed by atoms with van der Waals surface area (Å²) in [7, 11) is -4.41. The third-order valence-electron chi connectivity index (χ3n) is 5.04. The fraction of sp³-hybridized carbons (Fsp3) is 0.412. The van der Waals surface area contributed by atoms with E-state index in [1.54, 1.807) is 18.4 Å². The van der Waals surface area contributed by atoms with E-state index in [4.69, 9.17) is 9.92 Å². The Hall–Kier alpha value is -2.35. The molecule has 1 aliphatic carbocycles. The lowest BCUT2D eigenvalue weighted by molar-refractivity contribution is 0.308. The van der Waals surface area contributed by atoms with Crippen molar-refractivity contribution in [1.29, 1.82) is 5.26 Å². The number of pyridine rings is 1. The van der Waals surface area contributed by atoms with Crippen molar-refractivity contribution in [2.75, 3.05) is 5.75 Å². The molecule has 0 spiro atoms. The van der Waals surface area contributed by atoms with Crippen molar-refractivity contribution in [3.05, 3.63) is 30.0 Å². The van der Waals surface area contributed by atoms with Crippen LogP contribution in [0.15, 0.2) is 24.4 Å². The van der Waals surface area contributed by atoms with Crippen LogP contribution in [0.3, 0.4) is 0 Å². The highest BCUT2D eigenvalue weighted by Crippen LogP contribution is 2.46. The summed E-state index contributed by atoms with van der Waals surface area (Å²) >= 11 is 0. The Balaban J connectivity index is 1.49. The molecule has 10 heteroatoms. The summed E-state index contributed by atoms with van der Waals surface area (Å²) in [4.78, 5) is 7.36. The first-order chi connectivity index (χ1) is 13.0. The summed E-state index contributed by atoms with van der Waals surface area (Å²) < 4.78 is 32.3. The number of hydrogen-bond donors (Lipinski definition) is 3. The molecule has 0 aromatic carbocycles. The number of unbranched alkanes of at least 4 members (excludes halogenated alkanes) is 1. The lowest BCUT2D eigenvalue weighted by Gasteiger charge is -2.39. The summed E-state index contributed by atoms with van der Waals surface area (Å²) in [6, 6.07) is 3.75. The van der Waals surface area contributed by atoms with Gasteiger partial charge in [0.1, 0.15) is 11.4 Å². The van der Waals surface area contributed by atoms with Crippen molar-refractivity contribution >= 4 is 33.7 Å². The molecule has 3 N–H and O–H groups in total. The first-order valence-corrected chi connectivity index (χ1v) is 10.5. The average molecular weight is 386 g/mol. The zero-order valence-electron chi connectivity index (χ0n) is 14.6. The van der Waals surface area contributed by atoms with Gasteiger partial charge >= 0.3 is 7.12 Å². The van der Waals surface area contributed by atoms with E-state index in [0.29, 0.717) is 25.0 Å². The van der Waals surface area contributed by atoms with E-state index in [9.17, 15) is 13.4 Å². The number of aromatic nitrogens is 2. The number of hydrogen-bond acceptors (Lipinski definition) is 6. The number of fused-ring (bicyclic) bond motifs is 3. The van der Waals surface area contributed by atoms with Gasteiger partial charge in [-0.2, -0.15) is 5.26 Å². The summed E-state index contributed by atoms with van der Waals surface area (Å²) in [5.74, 6) is 2.33. The van der Waals surface area contributed by atoms with Crippen molar-refractivity contribution in [3.63, 3.8) is 0 Å². The normalized spacial score (nSPS) is 21.8. The second-order valence-electron chi connectivity index (χ2n) is 6.93. The van der Waals surface area contributed by atoms with Crippen molar-refractivity contribution in [1.82, 2.24) is 14.7 Å². The van der Waals surface area contributed by atoms with Crippen LogP contribution in [-0.4, -0.2) is 42.3 Å². The van der Waals surface area contributed by atoms with Crippen molar-refractivity contribution < 1.29 is 18.1 Å². The van der Waals surface area contributed by atoms with Crippen LogP contribution in [0, 0.1) is 17.2 Å². The molecule has 0 saturated heterocycles. The predicted octanol–water partition coefficient (Wildman–Crippen LogP) is 1.36. The summed E-state index contributed by atoms with van der Waals surface area (Å²) in [6.45, 7) is 0. The van der Waals surface area contributed by atoms with Gasteiger partial charge in [-0.05, 0) is 42.8 Å². The van der Waals surface area contributed by atoms with E-state index in [1.165, 1.54) is 0 Å².